The molecule has 2 heteroatoms. The number of carbonyl (C=O) groups is 1. The number of Topliss-reactive ketones (excluding diaryl/α,β-unsaturated/α-hetero) is 1. The molecule has 0 spiro atoms. The second-order valence-electron chi connectivity index (χ2n) is 4.02. The summed E-state index contributed by atoms with van der Waals surface area (Å²) in [5, 5.41) is 9.72. The van der Waals surface area contributed by atoms with Gasteiger partial charge in [0.25, 0.3) is 0 Å². The number of rotatable bonds is 0. The number of ketones is 1. The summed E-state index contributed by atoms with van der Waals surface area (Å²) in [6, 6.07) is 0. The fourth-order valence-electron chi connectivity index (χ4n) is 1.79. The highest BCUT2D eigenvalue weighted by Crippen LogP contribution is 2.33. The molecule has 0 radical (unpaired) electrons. The number of aliphatic hydroxyl groups is 1. The van der Waals surface area contributed by atoms with Gasteiger partial charge in [0.05, 0.1) is 0 Å². The first-order chi connectivity index (χ1) is 5.36. The Balaban J connectivity index is 3.10. The predicted molar refractivity (Wildman–Crippen MR) is 47.8 cm³/mol. The van der Waals surface area contributed by atoms with Crippen molar-refractivity contribution in [3.8, 4) is 0 Å². The third-order valence-electron chi connectivity index (χ3n) is 2.86. The highest BCUT2D eigenvalue weighted by atomic mass is 16.3. The average Bonchev–Trinajstić information content (AvgIpc) is 1.97. The van der Waals surface area contributed by atoms with Gasteiger partial charge >= 0.3 is 0 Å². The molecular weight excluding hydrogens is 152 g/mol. The molecule has 2 nitrogen and oxygen atoms in total. The minimum atomic E-state index is -1.14. The van der Waals surface area contributed by atoms with E-state index in [1.807, 2.05) is 13.8 Å². The van der Waals surface area contributed by atoms with Crippen molar-refractivity contribution < 1.29 is 9.90 Å². The van der Waals surface area contributed by atoms with Gasteiger partial charge in [-0.1, -0.05) is 12.5 Å². The normalized spacial score (nSPS) is 37.4. The molecule has 0 aromatic rings. The molecule has 0 aromatic carbocycles. The van der Waals surface area contributed by atoms with Crippen LogP contribution in [0.2, 0.25) is 0 Å². The molecule has 0 heterocycles. The van der Waals surface area contributed by atoms with Crippen molar-refractivity contribution in [2.24, 2.45) is 5.92 Å². The molecular formula is C10H16O2. The lowest BCUT2D eigenvalue weighted by Gasteiger charge is -2.32. The van der Waals surface area contributed by atoms with Gasteiger partial charge < -0.3 is 5.11 Å². The van der Waals surface area contributed by atoms with Crippen LogP contribution in [0.25, 0.3) is 0 Å². The number of allylic oxidation sites excluding steroid dienone is 1. The number of carbonyl (C=O) groups excluding carboxylic acids is 1. The summed E-state index contributed by atoms with van der Waals surface area (Å²) in [5.74, 6) is 0.204. The molecule has 12 heavy (non-hydrogen) atoms. The summed E-state index contributed by atoms with van der Waals surface area (Å²) in [6.45, 7) is 7.40. The van der Waals surface area contributed by atoms with E-state index in [4.69, 9.17) is 0 Å². The molecule has 0 bridgehead atoms. The zero-order valence-electron chi connectivity index (χ0n) is 8.14. The fourth-order valence-corrected chi connectivity index (χ4v) is 1.79. The van der Waals surface area contributed by atoms with Gasteiger partial charge in [0.2, 0.25) is 0 Å². The first-order valence-corrected chi connectivity index (χ1v) is 4.31. The van der Waals surface area contributed by atoms with Gasteiger partial charge in [0, 0.05) is 0 Å². The van der Waals surface area contributed by atoms with E-state index >= 15 is 0 Å². The third-order valence-corrected chi connectivity index (χ3v) is 2.86. The zero-order chi connectivity index (χ0) is 9.52. The van der Waals surface area contributed by atoms with Crippen LogP contribution in [-0.4, -0.2) is 16.5 Å². The Morgan fingerprint density at radius 3 is 2.50 bits per heavy atom. The van der Waals surface area contributed by atoms with Crippen molar-refractivity contribution in [2.45, 2.75) is 39.7 Å². The Hall–Kier alpha value is -0.630. The van der Waals surface area contributed by atoms with Gasteiger partial charge in [-0.2, -0.15) is 0 Å². The smallest absolute Gasteiger partial charge is 0.189 e. The largest absolute Gasteiger partial charge is 0.382 e. The quantitative estimate of drug-likeness (QED) is 0.597. The van der Waals surface area contributed by atoms with Gasteiger partial charge in [0.15, 0.2) is 5.78 Å². The third kappa shape index (κ3) is 1.31. The molecule has 1 aliphatic carbocycles. The topological polar surface area (TPSA) is 37.3 Å². The van der Waals surface area contributed by atoms with Crippen LogP contribution in [0.4, 0.5) is 0 Å². The first-order valence-electron chi connectivity index (χ1n) is 4.31. The summed E-state index contributed by atoms with van der Waals surface area (Å²) in [5.41, 5.74) is 0.716. The molecule has 0 aliphatic heterocycles. The van der Waals surface area contributed by atoms with E-state index in [-0.39, 0.29) is 5.78 Å². The monoisotopic (exact) mass is 168 g/mol. The summed E-state index contributed by atoms with van der Waals surface area (Å²) in [7, 11) is 0. The fraction of sp³-hybridized carbons (Fsp3) is 0.700. The van der Waals surface area contributed by atoms with Crippen molar-refractivity contribution in [2.75, 3.05) is 0 Å². The predicted octanol–water partition coefficient (Wildman–Crippen LogP) is 1.68. The van der Waals surface area contributed by atoms with E-state index in [0.717, 1.165) is 11.1 Å². The Bertz CT molecular complexity index is 249. The summed E-state index contributed by atoms with van der Waals surface area (Å²) >= 11 is 0. The highest BCUT2D eigenvalue weighted by Gasteiger charge is 2.38. The summed E-state index contributed by atoms with van der Waals surface area (Å²) in [6.07, 6.45) is 0.551. The Morgan fingerprint density at radius 1 is 1.50 bits per heavy atom. The van der Waals surface area contributed by atoms with E-state index in [2.05, 4.69) is 0 Å². The molecule has 68 valence electrons. The maximum absolute atomic E-state index is 11.5. The van der Waals surface area contributed by atoms with Crippen molar-refractivity contribution in [1.29, 1.82) is 0 Å². The van der Waals surface area contributed by atoms with Crippen molar-refractivity contribution in [3.05, 3.63) is 11.1 Å². The van der Waals surface area contributed by atoms with Crippen molar-refractivity contribution >= 4 is 5.78 Å². The van der Waals surface area contributed by atoms with Crippen LogP contribution in [0.3, 0.4) is 0 Å². The summed E-state index contributed by atoms with van der Waals surface area (Å²) in [4.78, 5) is 11.5. The lowest BCUT2D eigenvalue weighted by molar-refractivity contribution is -0.134. The Labute approximate surface area is 73.3 Å². The molecule has 0 saturated carbocycles. The molecule has 1 N–H and O–H groups in total. The molecule has 0 fully saturated rings. The SMILES string of the molecule is CC1=C(C)C(C)CC(C)(O)C1=O. The van der Waals surface area contributed by atoms with Gasteiger partial charge in [-0.25, -0.2) is 0 Å². The van der Waals surface area contributed by atoms with E-state index < -0.39 is 5.60 Å². The number of hydrogen-bond acceptors (Lipinski definition) is 2. The maximum atomic E-state index is 11.5. The Morgan fingerprint density at radius 2 is 2.00 bits per heavy atom. The second-order valence-corrected chi connectivity index (χ2v) is 4.02. The van der Waals surface area contributed by atoms with E-state index in [9.17, 15) is 9.90 Å². The lowest BCUT2D eigenvalue weighted by Crippen LogP contribution is -2.41. The van der Waals surface area contributed by atoms with Crippen LogP contribution in [0, 0.1) is 5.92 Å². The summed E-state index contributed by atoms with van der Waals surface area (Å²) < 4.78 is 0. The molecule has 0 aromatic heterocycles. The van der Waals surface area contributed by atoms with Crippen LogP contribution in [0.5, 0.6) is 0 Å². The minimum absolute atomic E-state index is 0.113. The van der Waals surface area contributed by atoms with Crippen molar-refractivity contribution in [1.82, 2.24) is 0 Å². The van der Waals surface area contributed by atoms with E-state index in [1.54, 1.807) is 13.8 Å². The van der Waals surface area contributed by atoms with Crippen LogP contribution < -0.4 is 0 Å². The molecule has 0 amide bonds. The van der Waals surface area contributed by atoms with E-state index in [0.29, 0.717) is 12.3 Å². The van der Waals surface area contributed by atoms with Gasteiger partial charge in [-0.05, 0) is 38.7 Å². The van der Waals surface area contributed by atoms with Crippen LogP contribution >= 0.6 is 0 Å². The molecule has 1 aliphatic rings. The average molecular weight is 168 g/mol. The maximum Gasteiger partial charge on any atom is 0.189 e. The Kier molecular flexibility index (Phi) is 2.13. The van der Waals surface area contributed by atoms with Crippen LogP contribution in [0.1, 0.15) is 34.1 Å². The van der Waals surface area contributed by atoms with Crippen LogP contribution in [-0.2, 0) is 4.79 Å². The standard InChI is InChI=1S/C10H16O2/c1-6-5-10(4,12)9(11)8(3)7(6)2/h6,12H,5H2,1-4H3. The van der Waals surface area contributed by atoms with Crippen LogP contribution in [0.15, 0.2) is 11.1 Å². The lowest BCUT2D eigenvalue weighted by atomic mass is 9.76. The second kappa shape index (κ2) is 2.70. The molecule has 0 saturated heterocycles. The van der Waals surface area contributed by atoms with Gasteiger partial charge in [0.1, 0.15) is 5.60 Å². The molecule has 2 unspecified atom stereocenters. The van der Waals surface area contributed by atoms with Crippen molar-refractivity contribution in [3.63, 3.8) is 0 Å². The number of hydrogen-bond donors (Lipinski definition) is 1. The van der Waals surface area contributed by atoms with Gasteiger partial charge in [-0.15, -0.1) is 0 Å². The van der Waals surface area contributed by atoms with E-state index in [1.165, 1.54) is 0 Å². The first kappa shape index (κ1) is 9.46. The zero-order valence-corrected chi connectivity index (χ0v) is 8.14. The molecule has 2 atom stereocenters. The highest BCUT2D eigenvalue weighted by molar-refractivity contribution is 6.02. The minimum Gasteiger partial charge on any atom is -0.382 e. The van der Waals surface area contributed by atoms with Gasteiger partial charge in [-0.3, -0.25) is 4.79 Å². The molecule has 1 rings (SSSR count).